The molecule has 7 nitrogen and oxygen atoms in total. The predicted octanol–water partition coefficient (Wildman–Crippen LogP) is 5.10. The summed E-state index contributed by atoms with van der Waals surface area (Å²) in [5.41, 5.74) is 7.59. The highest BCUT2D eigenvalue weighted by Gasteiger charge is 2.24. The van der Waals surface area contributed by atoms with Gasteiger partial charge in [-0.2, -0.15) is 0 Å². The molecule has 1 aliphatic rings. The number of amides is 2. The molecule has 0 atom stereocenters. The van der Waals surface area contributed by atoms with Gasteiger partial charge in [-0.15, -0.1) is 11.3 Å². The van der Waals surface area contributed by atoms with Gasteiger partial charge in [0, 0.05) is 10.3 Å². The van der Waals surface area contributed by atoms with Gasteiger partial charge in [0.05, 0.1) is 18.4 Å². The van der Waals surface area contributed by atoms with Crippen LogP contribution in [0.5, 0.6) is 5.75 Å². The zero-order valence-electron chi connectivity index (χ0n) is 18.9. The third kappa shape index (κ3) is 4.42. The number of carbonyl (C=O) groups excluding carboxylic acids is 2. The van der Waals surface area contributed by atoms with Crippen molar-refractivity contribution < 1.29 is 23.1 Å². The minimum Gasteiger partial charge on any atom is -0.497 e. The predicted molar refractivity (Wildman–Crippen MR) is 132 cm³/mol. The molecule has 0 aliphatic heterocycles. The Bertz CT molecular complexity index is 1540. The van der Waals surface area contributed by atoms with Gasteiger partial charge >= 0.3 is 0 Å². The van der Waals surface area contributed by atoms with Crippen molar-refractivity contribution in [3.63, 3.8) is 0 Å². The van der Waals surface area contributed by atoms with E-state index in [-0.39, 0.29) is 16.8 Å². The van der Waals surface area contributed by atoms with Crippen molar-refractivity contribution in [2.75, 3.05) is 12.4 Å². The van der Waals surface area contributed by atoms with Crippen molar-refractivity contribution in [1.29, 1.82) is 0 Å². The van der Waals surface area contributed by atoms with Gasteiger partial charge in [0.1, 0.15) is 27.7 Å². The van der Waals surface area contributed by atoms with Crippen LogP contribution in [-0.2, 0) is 12.8 Å². The number of anilines is 1. The van der Waals surface area contributed by atoms with Crippen LogP contribution in [0.25, 0.3) is 11.0 Å². The van der Waals surface area contributed by atoms with E-state index in [0.717, 1.165) is 36.1 Å². The van der Waals surface area contributed by atoms with E-state index in [4.69, 9.17) is 14.9 Å². The Morgan fingerprint density at radius 2 is 1.94 bits per heavy atom. The number of fused-ring (bicyclic) bond motifs is 2. The summed E-state index contributed by atoms with van der Waals surface area (Å²) in [5.74, 6) is -1.16. The number of nitrogens with zero attached hydrogens (tertiary/aromatic N) is 1. The Labute approximate surface area is 204 Å². The number of methoxy groups -OCH3 is 1. The van der Waals surface area contributed by atoms with Crippen LogP contribution in [0.15, 0.2) is 57.9 Å². The molecule has 5 rings (SSSR count). The first-order chi connectivity index (χ1) is 16.9. The van der Waals surface area contributed by atoms with Gasteiger partial charge in [-0.1, -0.05) is 12.1 Å². The van der Waals surface area contributed by atoms with Crippen molar-refractivity contribution in [2.24, 2.45) is 10.7 Å². The summed E-state index contributed by atoms with van der Waals surface area (Å²) in [4.78, 5) is 31.3. The van der Waals surface area contributed by atoms with Crippen LogP contribution in [-0.4, -0.2) is 18.9 Å². The molecule has 1 aliphatic carbocycles. The van der Waals surface area contributed by atoms with Crippen molar-refractivity contribution in [2.45, 2.75) is 25.7 Å². The summed E-state index contributed by atoms with van der Waals surface area (Å²) >= 11 is 1.38. The monoisotopic (exact) mass is 491 g/mol. The Morgan fingerprint density at radius 1 is 1.14 bits per heavy atom. The van der Waals surface area contributed by atoms with Crippen LogP contribution in [0.2, 0.25) is 0 Å². The molecule has 9 heteroatoms. The first-order valence-corrected chi connectivity index (χ1v) is 11.9. The molecule has 0 spiro atoms. The van der Waals surface area contributed by atoms with Crippen molar-refractivity contribution >= 4 is 44.8 Å². The van der Waals surface area contributed by atoms with Gasteiger partial charge in [-0.3, -0.25) is 9.59 Å². The van der Waals surface area contributed by atoms with Crippen LogP contribution in [0.3, 0.4) is 0 Å². The lowest BCUT2D eigenvalue weighted by atomic mass is 9.95. The number of para-hydroxylation sites is 1. The minimum atomic E-state index is -0.607. The topological polar surface area (TPSA) is 107 Å². The fraction of sp³-hybridized carbons (Fsp3) is 0.192. The highest BCUT2D eigenvalue weighted by atomic mass is 32.1. The number of hydrogen-bond donors (Lipinski definition) is 2. The molecule has 0 saturated carbocycles. The average molecular weight is 492 g/mol. The summed E-state index contributed by atoms with van der Waals surface area (Å²) in [6.07, 6.45) is 3.62. The second kappa shape index (κ2) is 9.34. The summed E-state index contributed by atoms with van der Waals surface area (Å²) in [5, 5.41) is 3.58. The minimum absolute atomic E-state index is 0.00222. The molecule has 0 bridgehead atoms. The first kappa shape index (κ1) is 22.8. The molecule has 0 radical (unpaired) electrons. The average Bonchev–Trinajstić information content (AvgIpc) is 3.22. The Balaban J connectivity index is 1.70. The van der Waals surface area contributed by atoms with E-state index in [1.54, 1.807) is 30.3 Å². The highest BCUT2D eigenvalue weighted by Crippen LogP contribution is 2.39. The van der Waals surface area contributed by atoms with Crippen LogP contribution in [0, 0.1) is 5.82 Å². The zero-order valence-corrected chi connectivity index (χ0v) is 19.7. The Morgan fingerprint density at radius 3 is 2.71 bits per heavy atom. The lowest BCUT2D eigenvalue weighted by molar-refractivity contribution is 0.0997. The van der Waals surface area contributed by atoms with Crippen molar-refractivity contribution in [1.82, 2.24) is 0 Å². The lowest BCUT2D eigenvalue weighted by Crippen LogP contribution is -2.22. The molecule has 2 aromatic heterocycles. The SMILES string of the molecule is COc1ccc2o/c(=N\c3sc4c(c3C(N)=O)CCCC4)c(C(=O)Nc3ccccc3F)cc2c1. The fourth-order valence-corrected chi connectivity index (χ4v) is 5.47. The summed E-state index contributed by atoms with van der Waals surface area (Å²) in [7, 11) is 1.54. The molecule has 2 amide bonds. The van der Waals surface area contributed by atoms with Crippen LogP contribution >= 0.6 is 11.3 Å². The second-order valence-corrected chi connectivity index (χ2v) is 9.25. The number of thiophene rings is 1. The van der Waals surface area contributed by atoms with Gasteiger partial charge in [-0.05, 0) is 67.6 Å². The summed E-state index contributed by atoms with van der Waals surface area (Å²) in [6.45, 7) is 0. The lowest BCUT2D eigenvalue weighted by Gasteiger charge is -2.10. The fourth-order valence-electron chi connectivity index (χ4n) is 4.21. The van der Waals surface area contributed by atoms with Crippen LogP contribution < -0.4 is 21.3 Å². The van der Waals surface area contributed by atoms with Gasteiger partial charge in [-0.25, -0.2) is 9.38 Å². The van der Waals surface area contributed by atoms with Gasteiger partial charge in [0.15, 0.2) is 0 Å². The van der Waals surface area contributed by atoms with Gasteiger partial charge < -0.3 is 20.2 Å². The van der Waals surface area contributed by atoms with Gasteiger partial charge in [0.2, 0.25) is 5.55 Å². The number of aryl methyl sites for hydroxylation is 1. The first-order valence-electron chi connectivity index (χ1n) is 11.1. The van der Waals surface area contributed by atoms with E-state index in [2.05, 4.69) is 10.3 Å². The number of ether oxygens (including phenoxy) is 1. The van der Waals surface area contributed by atoms with Crippen LogP contribution in [0.1, 0.15) is 44.0 Å². The molecular weight excluding hydrogens is 469 g/mol. The van der Waals surface area contributed by atoms with Crippen molar-refractivity contribution in [3.05, 3.63) is 81.5 Å². The van der Waals surface area contributed by atoms with E-state index < -0.39 is 17.6 Å². The molecule has 2 aromatic carbocycles. The second-order valence-electron chi connectivity index (χ2n) is 8.17. The molecule has 0 fully saturated rings. The number of carbonyl (C=O) groups is 2. The number of nitrogens with two attached hydrogens (primary N) is 1. The number of primary amides is 1. The quantitative estimate of drug-likeness (QED) is 0.405. The number of halogens is 1. The smallest absolute Gasteiger partial charge is 0.261 e. The third-order valence-corrected chi connectivity index (χ3v) is 7.11. The molecule has 0 unspecified atom stereocenters. The summed E-state index contributed by atoms with van der Waals surface area (Å²) < 4.78 is 25.5. The molecule has 3 N–H and O–H groups in total. The van der Waals surface area contributed by atoms with E-state index in [0.29, 0.717) is 27.3 Å². The maximum atomic E-state index is 14.2. The maximum Gasteiger partial charge on any atom is 0.261 e. The van der Waals surface area contributed by atoms with E-state index >= 15 is 0 Å². The Kier molecular flexibility index (Phi) is 6.08. The summed E-state index contributed by atoms with van der Waals surface area (Å²) in [6, 6.07) is 12.6. The molecule has 2 heterocycles. The number of rotatable bonds is 5. The number of benzene rings is 2. The standard InChI is InChI=1S/C26H22FN3O4S/c1-33-15-10-11-20-14(12-15)13-17(24(32)29-19-8-4-3-7-18(19)27)25(34-20)30-26-22(23(28)31)16-6-2-5-9-21(16)35-26/h3-4,7-8,10-13H,2,5-6,9H2,1H3,(H2,28,31)(H,29,32)/b30-25-. The normalized spacial score (nSPS) is 13.5. The van der Waals surface area contributed by atoms with E-state index in [9.17, 15) is 14.0 Å². The largest absolute Gasteiger partial charge is 0.497 e. The highest BCUT2D eigenvalue weighted by molar-refractivity contribution is 7.16. The van der Waals surface area contributed by atoms with E-state index in [1.165, 1.54) is 36.6 Å². The van der Waals surface area contributed by atoms with Crippen LogP contribution in [0.4, 0.5) is 15.1 Å². The molecule has 0 saturated heterocycles. The Hall–Kier alpha value is -3.98. The molecule has 35 heavy (non-hydrogen) atoms. The molecule has 4 aromatic rings. The van der Waals surface area contributed by atoms with Crippen molar-refractivity contribution in [3.8, 4) is 5.75 Å². The van der Waals surface area contributed by atoms with Gasteiger partial charge in [0.25, 0.3) is 11.8 Å². The van der Waals surface area contributed by atoms with E-state index in [1.807, 2.05) is 0 Å². The number of nitrogens with one attached hydrogen (secondary N) is 1. The maximum absolute atomic E-state index is 14.2. The molecule has 178 valence electrons. The molecular formula is C26H22FN3O4S. The third-order valence-electron chi connectivity index (χ3n) is 5.92. The zero-order chi connectivity index (χ0) is 24.5. The number of hydrogen-bond acceptors (Lipinski definition) is 6.